The first-order chi connectivity index (χ1) is 18.6. The molecule has 0 bridgehead atoms. The quantitative estimate of drug-likeness (QED) is 0.277. The van der Waals surface area contributed by atoms with E-state index in [0.29, 0.717) is 44.8 Å². The molecule has 196 valence electrons. The molecule has 0 radical (unpaired) electrons. The monoisotopic (exact) mass is 527 g/mol. The number of nitrogens with two attached hydrogens (primary N) is 1. The predicted octanol–water partition coefficient (Wildman–Crippen LogP) is 5.57. The molecule has 1 amide bonds. The second-order valence-electron chi connectivity index (χ2n) is 8.90. The number of fused-ring (bicyclic) bond motifs is 1. The smallest absolute Gasteiger partial charge is 0.322 e. The highest BCUT2D eigenvalue weighted by atomic mass is 19.1. The molecule has 0 saturated carbocycles. The van der Waals surface area contributed by atoms with Crippen molar-refractivity contribution in [2.45, 2.75) is 13.8 Å². The Labute approximate surface area is 222 Å². The lowest BCUT2D eigenvalue weighted by Gasteiger charge is -2.13. The Balaban J connectivity index is 1.65. The molecule has 5 rings (SSSR count). The number of carbonyl (C=O) groups is 1. The fourth-order valence-corrected chi connectivity index (χ4v) is 4.20. The fourth-order valence-electron chi connectivity index (χ4n) is 4.20. The molecule has 0 fully saturated rings. The van der Waals surface area contributed by atoms with E-state index >= 15 is 8.78 Å². The van der Waals surface area contributed by atoms with E-state index in [9.17, 15) is 4.79 Å². The zero-order valence-electron chi connectivity index (χ0n) is 21.3. The van der Waals surface area contributed by atoms with Gasteiger partial charge in [0.1, 0.15) is 23.6 Å². The third-order valence-electron chi connectivity index (χ3n) is 6.07. The average molecular weight is 528 g/mol. The highest BCUT2D eigenvalue weighted by molar-refractivity contribution is 6.08. The number of aryl methyl sites for hydroxylation is 2. The van der Waals surface area contributed by atoms with Crippen molar-refractivity contribution in [2.75, 3.05) is 11.1 Å². The summed E-state index contributed by atoms with van der Waals surface area (Å²) in [6.45, 7) is 6.96. The van der Waals surface area contributed by atoms with Crippen molar-refractivity contribution in [3.63, 3.8) is 0 Å². The van der Waals surface area contributed by atoms with Crippen LogP contribution in [0.3, 0.4) is 0 Å². The van der Waals surface area contributed by atoms with E-state index in [4.69, 9.17) is 10.5 Å². The van der Waals surface area contributed by atoms with Gasteiger partial charge in [-0.2, -0.15) is 0 Å². The average Bonchev–Trinajstić information content (AvgIpc) is 3.19. The van der Waals surface area contributed by atoms with Gasteiger partial charge in [-0.3, -0.25) is 4.79 Å². The fraction of sp³-hybridized carbons (Fsp3) is 0.107. The SMILES string of the molecule is C=C(C)C(=O)Nc1ccc(-c2c(-c3cc(F)c(Oc4nccc(C)n4)cc3F)c3c(N)ncnc3n2C)cc1. The van der Waals surface area contributed by atoms with Gasteiger partial charge in [0.05, 0.1) is 11.1 Å². The summed E-state index contributed by atoms with van der Waals surface area (Å²) in [4.78, 5) is 28.4. The normalized spacial score (nSPS) is 11.0. The van der Waals surface area contributed by atoms with E-state index in [1.54, 1.807) is 55.8 Å². The van der Waals surface area contributed by atoms with Gasteiger partial charge in [-0.15, -0.1) is 0 Å². The summed E-state index contributed by atoms with van der Waals surface area (Å²) in [5.41, 5.74) is 9.57. The van der Waals surface area contributed by atoms with Crippen LogP contribution in [0, 0.1) is 18.6 Å². The minimum absolute atomic E-state index is 0.0632. The first-order valence-corrected chi connectivity index (χ1v) is 11.8. The molecule has 2 aromatic carbocycles. The van der Waals surface area contributed by atoms with Gasteiger partial charge in [-0.25, -0.2) is 28.7 Å². The first-order valence-electron chi connectivity index (χ1n) is 11.8. The topological polar surface area (TPSA) is 121 Å². The summed E-state index contributed by atoms with van der Waals surface area (Å²) in [6, 6.07) is 10.4. The van der Waals surface area contributed by atoms with Crippen molar-refractivity contribution < 1.29 is 18.3 Å². The summed E-state index contributed by atoms with van der Waals surface area (Å²) in [6.07, 6.45) is 2.76. The van der Waals surface area contributed by atoms with Gasteiger partial charge < -0.3 is 20.4 Å². The number of benzene rings is 2. The molecule has 11 heteroatoms. The summed E-state index contributed by atoms with van der Waals surface area (Å²) >= 11 is 0. The number of nitrogen functional groups attached to an aromatic ring is 1. The highest BCUT2D eigenvalue weighted by Gasteiger charge is 2.25. The molecule has 0 spiro atoms. The molecule has 0 aliphatic heterocycles. The summed E-state index contributed by atoms with van der Waals surface area (Å²) in [5.74, 6) is -2.16. The van der Waals surface area contributed by atoms with Crippen LogP contribution in [0.25, 0.3) is 33.4 Å². The van der Waals surface area contributed by atoms with Crippen molar-refractivity contribution in [3.8, 4) is 34.1 Å². The molecule has 5 aromatic rings. The van der Waals surface area contributed by atoms with Crippen molar-refractivity contribution in [3.05, 3.63) is 84.5 Å². The van der Waals surface area contributed by atoms with Gasteiger partial charge in [-0.05, 0) is 43.7 Å². The lowest BCUT2D eigenvalue weighted by atomic mass is 9.97. The number of hydrogen-bond donors (Lipinski definition) is 2. The van der Waals surface area contributed by atoms with Gasteiger partial charge in [0.2, 0.25) is 0 Å². The Morgan fingerprint density at radius 3 is 2.51 bits per heavy atom. The Morgan fingerprint density at radius 2 is 1.82 bits per heavy atom. The van der Waals surface area contributed by atoms with Crippen molar-refractivity contribution in [2.24, 2.45) is 7.05 Å². The van der Waals surface area contributed by atoms with E-state index in [0.717, 1.165) is 12.1 Å². The Morgan fingerprint density at radius 1 is 1.08 bits per heavy atom. The number of carbonyl (C=O) groups excluding carboxylic acids is 1. The number of nitrogens with zero attached hydrogens (tertiary/aromatic N) is 5. The van der Waals surface area contributed by atoms with E-state index in [2.05, 4.69) is 31.8 Å². The third-order valence-corrected chi connectivity index (χ3v) is 6.07. The van der Waals surface area contributed by atoms with Crippen LogP contribution in [0.1, 0.15) is 12.6 Å². The second-order valence-corrected chi connectivity index (χ2v) is 8.90. The van der Waals surface area contributed by atoms with Crippen LogP contribution in [0.4, 0.5) is 20.3 Å². The largest absolute Gasteiger partial charge is 0.421 e. The van der Waals surface area contributed by atoms with Gasteiger partial charge >= 0.3 is 6.01 Å². The molecule has 39 heavy (non-hydrogen) atoms. The first kappa shape index (κ1) is 25.5. The molecule has 3 heterocycles. The maximum absolute atomic E-state index is 15.7. The lowest BCUT2D eigenvalue weighted by Crippen LogP contribution is -2.11. The van der Waals surface area contributed by atoms with E-state index in [1.165, 1.54) is 12.5 Å². The summed E-state index contributed by atoms with van der Waals surface area (Å²) in [5, 5.41) is 3.11. The second kappa shape index (κ2) is 9.93. The van der Waals surface area contributed by atoms with Crippen LogP contribution in [0.2, 0.25) is 0 Å². The summed E-state index contributed by atoms with van der Waals surface area (Å²) < 4.78 is 38.2. The Bertz CT molecular complexity index is 1760. The van der Waals surface area contributed by atoms with Crippen molar-refractivity contribution in [1.82, 2.24) is 24.5 Å². The summed E-state index contributed by atoms with van der Waals surface area (Å²) in [7, 11) is 1.74. The third kappa shape index (κ3) is 4.77. The van der Waals surface area contributed by atoms with Gasteiger partial charge in [0, 0.05) is 47.4 Å². The number of anilines is 2. The number of rotatable bonds is 6. The molecular weight excluding hydrogens is 504 g/mol. The molecule has 3 N–H and O–H groups in total. The zero-order valence-corrected chi connectivity index (χ0v) is 21.3. The molecule has 3 aromatic heterocycles. The van der Waals surface area contributed by atoms with Crippen LogP contribution >= 0.6 is 0 Å². The lowest BCUT2D eigenvalue weighted by molar-refractivity contribution is -0.112. The van der Waals surface area contributed by atoms with Crippen molar-refractivity contribution in [1.29, 1.82) is 0 Å². The number of nitrogens with one attached hydrogen (secondary N) is 1. The van der Waals surface area contributed by atoms with Crippen molar-refractivity contribution >= 4 is 28.4 Å². The number of hydrogen-bond acceptors (Lipinski definition) is 7. The molecule has 0 aliphatic rings. The minimum Gasteiger partial charge on any atom is -0.421 e. The Hall–Kier alpha value is -5.19. The maximum Gasteiger partial charge on any atom is 0.322 e. The molecule has 9 nitrogen and oxygen atoms in total. The number of aromatic nitrogens is 5. The maximum atomic E-state index is 15.7. The number of halogens is 2. The van der Waals surface area contributed by atoms with E-state index < -0.39 is 11.6 Å². The Kier molecular flexibility index (Phi) is 6.48. The van der Waals surface area contributed by atoms with Crippen LogP contribution in [-0.4, -0.2) is 30.4 Å². The predicted molar refractivity (Wildman–Crippen MR) is 144 cm³/mol. The van der Waals surface area contributed by atoms with Crippen LogP contribution < -0.4 is 15.8 Å². The minimum atomic E-state index is -0.826. The van der Waals surface area contributed by atoms with Crippen LogP contribution in [0.15, 0.2) is 67.1 Å². The van der Waals surface area contributed by atoms with Gasteiger partial charge in [0.25, 0.3) is 5.91 Å². The van der Waals surface area contributed by atoms with Crippen LogP contribution in [-0.2, 0) is 11.8 Å². The van der Waals surface area contributed by atoms with E-state index in [-0.39, 0.29) is 29.0 Å². The van der Waals surface area contributed by atoms with E-state index in [1.807, 2.05) is 0 Å². The molecular formula is C28H23F2N7O2. The molecule has 0 atom stereocenters. The molecule has 0 aliphatic carbocycles. The molecule has 0 saturated heterocycles. The number of amides is 1. The highest BCUT2D eigenvalue weighted by Crippen LogP contribution is 2.44. The van der Waals surface area contributed by atoms with Crippen LogP contribution in [0.5, 0.6) is 11.8 Å². The van der Waals surface area contributed by atoms with Gasteiger partial charge in [0.15, 0.2) is 11.6 Å². The van der Waals surface area contributed by atoms with Gasteiger partial charge in [-0.1, -0.05) is 18.7 Å². The zero-order chi connectivity index (χ0) is 27.8. The number of ether oxygens (including phenoxy) is 1. The standard InChI is InChI=1S/C28H23F2N7O2/c1-14(2)27(38)36-17-7-5-16(6-8-17)24-22(23-25(31)33-13-34-26(23)37(24)4)18-11-20(30)21(12-19(18)29)39-28-32-10-9-15(3)35-28/h5-13H,1H2,2-4H3,(H,36,38)(H2,31,33,34). The molecule has 0 unspecified atom stereocenters.